The van der Waals surface area contributed by atoms with Crippen molar-refractivity contribution in [2.45, 2.75) is 117 Å². The summed E-state index contributed by atoms with van der Waals surface area (Å²) in [7, 11) is 0. The van der Waals surface area contributed by atoms with Crippen LogP contribution < -0.4 is 4.90 Å². The van der Waals surface area contributed by atoms with Gasteiger partial charge in [0.2, 0.25) is 0 Å². The number of hydrogen-bond donors (Lipinski definition) is 0. The maximum atomic E-state index is 4.68. The first-order valence-electron chi connectivity index (χ1n) is 19.7. The van der Waals surface area contributed by atoms with Gasteiger partial charge in [-0.15, -0.1) is 13.2 Å². The standard InChI is InChI=1S/C50H65N/c1-9-12-15-20-26-37-50(8,45-39-42(29-21-14-11-3)34-33-40(45)4)41(5)28-22-18-17-19-23-32-47-49(6,7)48-44-31-25-24-30-43(44)35-36-46(48)51(47)38-27-16-13-10-2/h9,11,17-19,22-25,28-36H,1,3,5,10,12-16,20-21,26-27,37-39H2,2,4,6-8H3/b18-17+,23-19+,28-22+,42-29-,47-32-. The highest BCUT2D eigenvalue weighted by atomic mass is 15.2. The lowest BCUT2D eigenvalue weighted by Crippen LogP contribution is -2.27. The second-order valence-electron chi connectivity index (χ2n) is 15.3. The fourth-order valence-corrected chi connectivity index (χ4v) is 8.01. The summed E-state index contributed by atoms with van der Waals surface area (Å²) in [5, 5.41) is 2.69. The molecule has 1 aliphatic heterocycles. The van der Waals surface area contributed by atoms with Crippen LogP contribution in [0.15, 0.2) is 157 Å². The number of unbranched alkanes of at least 4 members (excludes halogenated alkanes) is 7. The predicted molar refractivity (Wildman–Crippen MR) is 228 cm³/mol. The van der Waals surface area contributed by atoms with Gasteiger partial charge in [-0.05, 0) is 91.5 Å². The zero-order valence-corrected chi connectivity index (χ0v) is 32.7. The first kappa shape index (κ1) is 39.7. The van der Waals surface area contributed by atoms with E-state index in [2.05, 4.69) is 156 Å². The molecule has 1 unspecified atom stereocenters. The lowest BCUT2D eigenvalue weighted by molar-refractivity contribution is 0.410. The second kappa shape index (κ2) is 19.5. The van der Waals surface area contributed by atoms with E-state index in [4.69, 9.17) is 0 Å². The molecule has 4 rings (SSSR count). The molecule has 1 aliphatic carbocycles. The van der Waals surface area contributed by atoms with E-state index in [0.717, 1.165) is 38.6 Å². The Morgan fingerprint density at radius 1 is 0.843 bits per heavy atom. The molecular formula is C50H65N. The summed E-state index contributed by atoms with van der Waals surface area (Å²) in [5.74, 6) is 0. The highest BCUT2D eigenvalue weighted by Gasteiger charge is 2.40. The summed E-state index contributed by atoms with van der Waals surface area (Å²) in [6.07, 6.45) is 40.4. The van der Waals surface area contributed by atoms with Crippen molar-refractivity contribution in [3.05, 3.63) is 163 Å². The minimum atomic E-state index is -0.0844. The molecule has 0 saturated carbocycles. The van der Waals surface area contributed by atoms with Crippen molar-refractivity contribution in [1.29, 1.82) is 0 Å². The van der Waals surface area contributed by atoms with Crippen LogP contribution in [0.25, 0.3) is 10.8 Å². The van der Waals surface area contributed by atoms with Gasteiger partial charge < -0.3 is 4.90 Å². The molecule has 1 heterocycles. The van der Waals surface area contributed by atoms with E-state index in [1.165, 1.54) is 95.0 Å². The molecule has 51 heavy (non-hydrogen) atoms. The van der Waals surface area contributed by atoms with Crippen molar-refractivity contribution in [3.63, 3.8) is 0 Å². The molecule has 1 atom stereocenters. The minimum Gasteiger partial charge on any atom is -0.344 e. The largest absolute Gasteiger partial charge is 0.344 e. The van der Waals surface area contributed by atoms with E-state index in [9.17, 15) is 0 Å². The fraction of sp³-hybridized carbons (Fsp3) is 0.400. The average Bonchev–Trinajstić information content (AvgIpc) is 3.35. The number of benzene rings is 2. The monoisotopic (exact) mass is 680 g/mol. The third kappa shape index (κ3) is 10.0. The highest BCUT2D eigenvalue weighted by Crippen LogP contribution is 2.51. The van der Waals surface area contributed by atoms with Crippen LogP contribution in [0.1, 0.15) is 117 Å². The Kier molecular flexibility index (Phi) is 15.2. The van der Waals surface area contributed by atoms with Gasteiger partial charge in [-0.1, -0.05) is 175 Å². The van der Waals surface area contributed by atoms with Crippen LogP contribution in [0.5, 0.6) is 0 Å². The third-order valence-corrected chi connectivity index (χ3v) is 11.1. The van der Waals surface area contributed by atoms with Gasteiger partial charge in [-0.25, -0.2) is 0 Å². The van der Waals surface area contributed by atoms with Crippen LogP contribution in [-0.4, -0.2) is 6.54 Å². The number of allylic oxidation sites excluding steroid dienone is 17. The molecule has 2 aromatic rings. The summed E-state index contributed by atoms with van der Waals surface area (Å²) < 4.78 is 0. The zero-order chi connectivity index (χ0) is 36.7. The molecule has 270 valence electrons. The molecule has 1 heteroatoms. The van der Waals surface area contributed by atoms with Crippen LogP contribution in [0.2, 0.25) is 0 Å². The maximum absolute atomic E-state index is 4.68. The normalized spacial score (nSPS) is 18.6. The first-order valence-corrected chi connectivity index (χ1v) is 19.7. The number of anilines is 1. The Hall–Kier alpha value is -4.10. The van der Waals surface area contributed by atoms with Gasteiger partial charge in [0.05, 0.1) is 0 Å². The molecule has 0 bridgehead atoms. The predicted octanol–water partition coefficient (Wildman–Crippen LogP) is 14.9. The molecule has 0 radical (unpaired) electrons. The fourth-order valence-electron chi connectivity index (χ4n) is 8.01. The summed E-state index contributed by atoms with van der Waals surface area (Å²) in [4.78, 5) is 2.59. The molecule has 0 saturated heterocycles. The molecule has 0 amide bonds. The topological polar surface area (TPSA) is 3.24 Å². The molecule has 2 aromatic carbocycles. The highest BCUT2D eigenvalue weighted by molar-refractivity contribution is 5.94. The molecule has 0 aromatic heterocycles. The summed E-state index contributed by atoms with van der Waals surface area (Å²) >= 11 is 0. The Labute approximate surface area is 312 Å². The number of fused-ring (bicyclic) bond motifs is 3. The van der Waals surface area contributed by atoms with Crippen molar-refractivity contribution >= 4 is 16.5 Å². The summed E-state index contributed by atoms with van der Waals surface area (Å²) in [6, 6.07) is 13.5. The summed E-state index contributed by atoms with van der Waals surface area (Å²) in [5.41, 5.74) is 9.53. The van der Waals surface area contributed by atoms with Crippen LogP contribution in [-0.2, 0) is 5.41 Å². The zero-order valence-electron chi connectivity index (χ0n) is 32.7. The van der Waals surface area contributed by atoms with E-state index in [1.807, 2.05) is 12.2 Å². The van der Waals surface area contributed by atoms with Crippen LogP contribution >= 0.6 is 0 Å². The van der Waals surface area contributed by atoms with Crippen LogP contribution in [0.4, 0.5) is 5.69 Å². The van der Waals surface area contributed by atoms with E-state index in [-0.39, 0.29) is 10.8 Å². The van der Waals surface area contributed by atoms with E-state index >= 15 is 0 Å². The van der Waals surface area contributed by atoms with Gasteiger partial charge in [0, 0.05) is 28.8 Å². The smallest absolute Gasteiger partial charge is 0.0457 e. The molecular weight excluding hydrogens is 615 g/mol. The van der Waals surface area contributed by atoms with Gasteiger partial charge >= 0.3 is 0 Å². The molecule has 0 fully saturated rings. The third-order valence-electron chi connectivity index (χ3n) is 11.1. The molecule has 0 spiro atoms. The van der Waals surface area contributed by atoms with E-state index < -0.39 is 0 Å². The van der Waals surface area contributed by atoms with Crippen molar-refractivity contribution in [2.24, 2.45) is 5.41 Å². The van der Waals surface area contributed by atoms with Crippen molar-refractivity contribution < 1.29 is 0 Å². The van der Waals surface area contributed by atoms with Gasteiger partial charge in [-0.2, -0.15) is 0 Å². The van der Waals surface area contributed by atoms with Gasteiger partial charge in [-0.3, -0.25) is 0 Å². The minimum absolute atomic E-state index is 0.0787. The summed E-state index contributed by atoms with van der Waals surface area (Å²) in [6.45, 7) is 25.3. The van der Waals surface area contributed by atoms with Crippen LogP contribution in [0, 0.1) is 5.41 Å². The SMILES string of the molecule is C=CCC/C=C1/C=CC(C)=C(C(C)(CCCCCC=C)C(=C)/C=C/C=C/C=C/C=C2\N(CCCCCC)c3ccc4ccccc4c3C2(C)C)C1. The lowest BCUT2D eigenvalue weighted by atomic mass is 9.67. The quantitative estimate of drug-likeness (QED) is 0.0765. The maximum Gasteiger partial charge on any atom is 0.0457 e. The van der Waals surface area contributed by atoms with Crippen molar-refractivity contribution in [2.75, 3.05) is 11.4 Å². The first-order chi connectivity index (χ1) is 24.7. The Morgan fingerprint density at radius 3 is 2.37 bits per heavy atom. The Bertz CT molecular complexity index is 1730. The van der Waals surface area contributed by atoms with Crippen LogP contribution in [0.3, 0.4) is 0 Å². The van der Waals surface area contributed by atoms with Gasteiger partial charge in [0.15, 0.2) is 0 Å². The molecule has 1 nitrogen and oxygen atoms in total. The van der Waals surface area contributed by atoms with Crippen molar-refractivity contribution in [1.82, 2.24) is 0 Å². The number of nitrogens with zero attached hydrogens (tertiary/aromatic N) is 1. The number of rotatable bonds is 20. The number of hydrogen-bond acceptors (Lipinski definition) is 1. The lowest BCUT2D eigenvalue weighted by Gasteiger charge is -2.37. The van der Waals surface area contributed by atoms with Gasteiger partial charge in [0.25, 0.3) is 0 Å². The van der Waals surface area contributed by atoms with Crippen molar-refractivity contribution in [3.8, 4) is 0 Å². The molecule has 2 aliphatic rings. The van der Waals surface area contributed by atoms with Gasteiger partial charge in [0.1, 0.15) is 0 Å². The Balaban J connectivity index is 1.52. The molecule has 0 N–H and O–H groups in total. The van der Waals surface area contributed by atoms with E-state index in [1.54, 1.807) is 0 Å². The van der Waals surface area contributed by atoms with E-state index in [0.29, 0.717) is 0 Å². The second-order valence-corrected chi connectivity index (χ2v) is 15.3. The average molecular weight is 680 g/mol. The Morgan fingerprint density at radius 2 is 1.59 bits per heavy atom.